The van der Waals surface area contributed by atoms with Gasteiger partial charge in [0.05, 0.1) is 20.0 Å². The Morgan fingerprint density at radius 3 is 2.29 bits per heavy atom. The molecule has 0 saturated carbocycles. The predicted molar refractivity (Wildman–Crippen MR) is 123 cm³/mol. The fourth-order valence-electron chi connectivity index (χ4n) is 2.57. The highest BCUT2D eigenvalue weighted by Crippen LogP contribution is 2.27. The third kappa shape index (κ3) is 6.43. The zero-order chi connectivity index (χ0) is 22.2. The average Bonchev–Trinajstić information content (AvgIpc) is 3.25. The molecule has 3 rings (SSSR count). The van der Waals surface area contributed by atoms with Gasteiger partial charge in [-0.1, -0.05) is 42.2 Å². The zero-order valence-electron chi connectivity index (χ0n) is 17.3. The van der Waals surface area contributed by atoms with E-state index in [2.05, 4.69) is 27.8 Å². The van der Waals surface area contributed by atoms with E-state index in [0.717, 1.165) is 12.1 Å². The zero-order valence-corrected chi connectivity index (χ0v) is 18.9. The van der Waals surface area contributed by atoms with Crippen molar-refractivity contribution in [3.8, 4) is 11.5 Å². The van der Waals surface area contributed by atoms with Crippen LogP contribution in [0.3, 0.4) is 0 Å². The molecular weight excluding hydrogens is 436 g/mol. The topological polar surface area (TPSA) is 102 Å². The molecule has 0 spiro atoms. The lowest BCUT2D eigenvalue weighted by atomic mass is 10.1. The number of hydrogen-bond donors (Lipinski definition) is 2. The molecule has 0 atom stereocenters. The molecule has 0 saturated heterocycles. The summed E-state index contributed by atoms with van der Waals surface area (Å²) >= 11 is 2.45. The summed E-state index contributed by atoms with van der Waals surface area (Å²) in [5, 5.41) is 13.9. The van der Waals surface area contributed by atoms with Crippen LogP contribution in [0.2, 0.25) is 0 Å². The quantitative estimate of drug-likeness (QED) is 0.368. The number of rotatable bonds is 9. The van der Waals surface area contributed by atoms with Crippen molar-refractivity contribution in [3.63, 3.8) is 0 Å². The van der Waals surface area contributed by atoms with Gasteiger partial charge in [0.1, 0.15) is 11.5 Å². The monoisotopic (exact) mass is 458 g/mol. The number of nitrogens with zero attached hydrogens (tertiary/aromatic N) is 2. The van der Waals surface area contributed by atoms with E-state index < -0.39 is 0 Å². The van der Waals surface area contributed by atoms with Gasteiger partial charge in [0, 0.05) is 17.3 Å². The van der Waals surface area contributed by atoms with Crippen LogP contribution in [0.4, 0.5) is 10.8 Å². The highest BCUT2D eigenvalue weighted by atomic mass is 32.2. The van der Waals surface area contributed by atoms with E-state index >= 15 is 0 Å². The normalized spacial score (nSPS) is 10.4. The maximum Gasteiger partial charge on any atom is 0.257 e. The number of nitrogens with one attached hydrogen (secondary N) is 2. The van der Waals surface area contributed by atoms with Crippen molar-refractivity contribution in [2.24, 2.45) is 0 Å². The molecule has 8 nitrogen and oxygen atoms in total. The van der Waals surface area contributed by atoms with Crippen molar-refractivity contribution in [3.05, 3.63) is 53.6 Å². The van der Waals surface area contributed by atoms with Gasteiger partial charge in [-0.3, -0.25) is 14.9 Å². The number of amides is 2. The molecule has 31 heavy (non-hydrogen) atoms. The number of hydrogen-bond acceptors (Lipinski definition) is 8. The van der Waals surface area contributed by atoms with Crippen molar-refractivity contribution in [1.82, 2.24) is 10.2 Å². The maximum atomic E-state index is 12.5. The molecule has 10 heteroatoms. The van der Waals surface area contributed by atoms with Crippen LogP contribution in [-0.2, 0) is 11.2 Å². The van der Waals surface area contributed by atoms with Crippen LogP contribution in [0.1, 0.15) is 22.8 Å². The molecule has 162 valence electrons. The van der Waals surface area contributed by atoms with Gasteiger partial charge in [0.25, 0.3) is 5.91 Å². The average molecular weight is 459 g/mol. The molecule has 0 aliphatic carbocycles. The molecule has 2 aromatic carbocycles. The Kier molecular flexibility index (Phi) is 7.85. The number of anilines is 2. The molecule has 0 aliphatic rings. The third-order valence-corrected chi connectivity index (χ3v) is 6.19. The number of ether oxygens (including phenoxy) is 2. The standard InChI is InChI=1S/C21H22N4O4S2/c1-4-13-5-7-15(8-6-13)22-18(26)12-30-21-25-24-20(31-21)23-19(27)14-9-16(28-2)11-17(10-14)29-3/h5-11H,4,12H2,1-3H3,(H,22,26)(H,23,24,27). The first-order valence-electron chi connectivity index (χ1n) is 9.40. The lowest BCUT2D eigenvalue weighted by Crippen LogP contribution is -2.13. The predicted octanol–water partition coefficient (Wildman–Crippen LogP) is 4.10. The van der Waals surface area contributed by atoms with Gasteiger partial charge in [-0.25, -0.2) is 0 Å². The number of aryl methyl sites for hydroxylation is 1. The summed E-state index contributed by atoms with van der Waals surface area (Å²) in [7, 11) is 3.03. The van der Waals surface area contributed by atoms with Gasteiger partial charge in [-0.05, 0) is 36.2 Å². The van der Waals surface area contributed by atoms with Crippen LogP contribution in [0.15, 0.2) is 46.8 Å². The minimum atomic E-state index is -0.363. The van der Waals surface area contributed by atoms with Crippen molar-refractivity contribution in [1.29, 1.82) is 0 Å². The van der Waals surface area contributed by atoms with Gasteiger partial charge < -0.3 is 14.8 Å². The van der Waals surface area contributed by atoms with Crippen LogP contribution in [0.25, 0.3) is 0 Å². The van der Waals surface area contributed by atoms with E-state index in [0.29, 0.717) is 26.5 Å². The van der Waals surface area contributed by atoms with Crippen LogP contribution in [0.5, 0.6) is 11.5 Å². The molecule has 2 N–H and O–H groups in total. The Hall–Kier alpha value is -3.11. The van der Waals surface area contributed by atoms with Crippen LogP contribution in [-0.4, -0.2) is 42.0 Å². The number of aromatic nitrogens is 2. The Balaban J connectivity index is 1.54. The molecule has 0 radical (unpaired) electrons. The van der Waals surface area contributed by atoms with E-state index in [1.54, 1.807) is 18.2 Å². The molecule has 0 aliphatic heterocycles. The second kappa shape index (κ2) is 10.8. The molecule has 1 heterocycles. The maximum absolute atomic E-state index is 12.5. The second-order valence-corrected chi connectivity index (χ2v) is 8.52. The summed E-state index contributed by atoms with van der Waals surface area (Å²) in [6.45, 7) is 2.08. The first-order valence-corrected chi connectivity index (χ1v) is 11.2. The first kappa shape index (κ1) is 22.6. The van der Waals surface area contributed by atoms with E-state index in [9.17, 15) is 9.59 Å². The molecule has 1 aromatic heterocycles. The molecule has 2 amide bonds. The Morgan fingerprint density at radius 2 is 1.68 bits per heavy atom. The summed E-state index contributed by atoms with van der Waals surface area (Å²) < 4.78 is 10.9. The summed E-state index contributed by atoms with van der Waals surface area (Å²) in [6.07, 6.45) is 0.950. The summed E-state index contributed by atoms with van der Waals surface area (Å²) in [5.41, 5.74) is 2.33. The second-order valence-electron chi connectivity index (χ2n) is 6.32. The van der Waals surface area contributed by atoms with Crippen molar-refractivity contribution in [2.75, 3.05) is 30.6 Å². The van der Waals surface area contributed by atoms with Crippen LogP contribution >= 0.6 is 23.1 Å². The summed E-state index contributed by atoms with van der Waals surface area (Å²) in [4.78, 5) is 24.7. The van der Waals surface area contributed by atoms with Gasteiger partial charge in [-0.15, -0.1) is 10.2 Å². The van der Waals surface area contributed by atoms with E-state index in [1.165, 1.54) is 42.9 Å². The van der Waals surface area contributed by atoms with Crippen molar-refractivity contribution >= 4 is 45.7 Å². The van der Waals surface area contributed by atoms with Gasteiger partial charge in [-0.2, -0.15) is 0 Å². The van der Waals surface area contributed by atoms with Crippen molar-refractivity contribution in [2.45, 2.75) is 17.7 Å². The largest absolute Gasteiger partial charge is 0.497 e. The number of carbonyl (C=O) groups is 2. The van der Waals surface area contributed by atoms with Crippen LogP contribution < -0.4 is 20.1 Å². The van der Waals surface area contributed by atoms with E-state index in [1.807, 2.05) is 24.3 Å². The highest BCUT2D eigenvalue weighted by Gasteiger charge is 2.14. The van der Waals surface area contributed by atoms with Gasteiger partial charge in [0.2, 0.25) is 11.0 Å². The van der Waals surface area contributed by atoms with Gasteiger partial charge >= 0.3 is 0 Å². The Morgan fingerprint density at radius 1 is 1.00 bits per heavy atom. The third-order valence-electron chi connectivity index (χ3n) is 4.21. The SMILES string of the molecule is CCc1ccc(NC(=O)CSc2nnc(NC(=O)c3cc(OC)cc(OC)c3)s2)cc1. The number of thioether (sulfide) groups is 1. The molecular formula is C21H22N4O4S2. The summed E-state index contributed by atoms with van der Waals surface area (Å²) in [5.74, 6) is 0.698. The number of benzene rings is 2. The van der Waals surface area contributed by atoms with E-state index in [4.69, 9.17) is 9.47 Å². The van der Waals surface area contributed by atoms with Crippen molar-refractivity contribution < 1.29 is 19.1 Å². The Labute approximate surface area is 188 Å². The summed E-state index contributed by atoms with van der Waals surface area (Å²) in [6, 6.07) is 12.6. The fraction of sp³-hybridized carbons (Fsp3) is 0.238. The first-order chi connectivity index (χ1) is 15.0. The number of methoxy groups -OCH3 is 2. The fourth-order valence-corrected chi connectivity index (χ4v) is 4.12. The van der Waals surface area contributed by atoms with E-state index in [-0.39, 0.29) is 17.6 Å². The molecule has 0 unspecified atom stereocenters. The Bertz CT molecular complexity index is 1030. The minimum absolute atomic E-state index is 0.140. The lowest BCUT2D eigenvalue weighted by Gasteiger charge is -2.07. The lowest BCUT2D eigenvalue weighted by molar-refractivity contribution is -0.113. The number of carbonyl (C=O) groups excluding carboxylic acids is 2. The molecule has 0 fully saturated rings. The van der Waals surface area contributed by atoms with Gasteiger partial charge in [0.15, 0.2) is 4.34 Å². The minimum Gasteiger partial charge on any atom is -0.497 e. The molecule has 0 bridgehead atoms. The smallest absolute Gasteiger partial charge is 0.257 e. The van der Waals surface area contributed by atoms with Crippen LogP contribution in [0, 0.1) is 0 Å². The molecule has 3 aromatic rings. The highest BCUT2D eigenvalue weighted by molar-refractivity contribution is 8.01.